The van der Waals surface area contributed by atoms with Crippen molar-refractivity contribution in [3.05, 3.63) is 59.9 Å². The summed E-state index contributed by atoms with van der Waals surface area (Å²) in [5, 5.41) is 6.91. The lowest BCUT2D eigenvalue weighted by Crippen LogP contribution is -2.26. The molecule has 0 saturated carbocycles. The fraction of sp³-hybridized carbons (Fsp3) is 0.133. The van der Waals surface area contributed by atoms with E-state index in [1.165, 1.54) is 6.21 Å². The molecule has 0 aliphatic heterocycles. The van der Waals surface area contributed by atoms with E-state index in [-0.39, 0.29) is 12.5 Å². The van der Waals surface area contributed by atoms with Gasteiger partial charge in [-0.25, -0.2) is 5.43 Å². The van der Waals surface area contributed by atoms with Crippen LogP contribution in [0.15, 0.2) is 53.8 Å². The van der Waals surface area contributed by atoms with E-state index in [9.17, 15) is 4.79 Å². The van der Waals surface area contributed by atoms with Crippen molar-refractivity contribution >= 4 is 17.8 Å². The van der Waals surface area contributed by atoms with Crippen LogP contribution in [0.5, 0.6) is 0 Å². The molecule has 0 radical (unpaired) electrons. The number of hydrazone groups is 1. The number of nitrogens with one attached hydrogen (secondary N) is 2. The fourth-order valence-electron chi connectivity index (χ4n) is 1.61. The highest BCUT2D eigenvalue weighted by Crippen LogP contribution is 2.12. The second kappa shape index (κ2) is 7.04. The topological polar surface area (TPSA) is 66.4 Å². The van der Waals surface area contributed by atoms with Crippen molar-refractivity contribution in [2.45, 2.75) is 6.92 Å². The molecule has 1 aromatic carbocycles. The number of hydrogen-bond acceptors (Lipinski definition) is 4. The van der Waals surface area contributed by atoms with Gasteiger partial charge in [0.1, 0.15) is 0 Å². The van der Waals surface area contributed by atoms with Crippen LogP contribution in [0.25, 0.3) is 0 Å². The number of carbonyl (C=O) groups excluding carboxylic acids is 1. The summed E-state index contributed by atoms with van der Waals surface area (Å²) in [5.74, 6) is -0.208. The third-order valence-electron chi connectivity index (χ3n) is 2.66. The predicted molar refractivity (Wildman–Crippen MR) is 79.6 cm³/mol. The monoisotopic (exact) mass is 268 g/mol. The largest absolute Gasteiger partial charge is 0.376 e. The zero-order chi connectivity index (χ0) is 14.2. The number of rotatable bonds is 5. The molecule has 1 amide bonds. The molecule has 0 atom stereocenters. The van der Waals surface area contributed by atoms with Crippen molar-refractivity contribution in [2.24, 2.45) is 5.10 Å². The molecule has 2 N–H and O–H groups in total. The predicted octanol–water partition coefficient (Wildman–Crippen LogP) is 1.95. The molecule has 0 bridgehead atoms. The van der Waals surface area contributed by atoms with E-state index < -0.39 is 0 Å². The smallest absolute Gasteiger partial charge is 0.259 e. The van der Waals surface area contributed by atoms with E-state index in [1.54, 1.807) is 12.3 Å². The molecular formula is C15H16N4O. The molecule has 2 aromatic rings. The normalized spacial score (nSPS) is 10.4. The van der Waals surface area contributed by atoms with E-state index in [1.807, 2.05) is 43.3 Å². The van der Waals surface area contributed by atoms with Gasteiger partial charge in [0.15, 0.2) is 0 Å². The zero-order valence-electron chi connectivity index (χ0n) is 11.2. The molecule has 0 aliphatic carbocycles. The van der Waals surface area contributed by atoms with Gasteiger partial charge < -0.3 is 5.32 Å². The summed E-state index contributed by atoms with van der Waals surface area (Å²) in [6.07, 6.45) is 3.18. The summed E-state index contributed by atoms with van der Waals surface area (Å²) in [6, 6.07) is 13.3. The van der Waals surface area contributed by atoms with Gasteiger partial charge in [-0.05, 0) is 30.7 Å². The molecule has 0 spiro atoms. The van der Waals surface area contributed by atoms with Crippen LogP contribution < -0.4 is 10.7 Å². The Labute approximate surface area is 117 Å². The minimum atomic E-state index is -0.208. The lowest BCUT2D eigenvalue weighted by Gasteiger charge is -2.07. The average Bonchev–Trinajstić information content (AvgIpc) is 2.47. The molecule has 5 nitrogen and oxygen atoms in total. The second-order valence-corrected chi connectivity index (χ2v) is 4.22. The van der Waals surface area contributed by atoms with Crippen LogP contribution in [0.1, 0.15) is 11.3 Å². The van der Waals surface area contributed by atoms with Gasteiger partial charge in [0, 0.05) is 11.9 Å². The fourth-order valence-corrected chi connectivity index (χ4v) is 1.61. The molecule has 0 saturated heterocycles. The maximum absolute atomic E-state index is 11.6. The summed E-state index contributed by atoms with van der Waals surface area (Å²) in [6.45, 7) is 2.16. The number of amides is 1. The number of anilines is 1. The van der Waals surface area contributed by atoms with Gasteiger partial charge in [-0.1, -0.05) is 24.3 Å². The van der Waals surface area contributed by atoms with Gasteiger partial charge in [0.25, 0.3) is 5.91 Å². The van der Waals surface area contributed by atoms with Crippen LogP contribution in [-0.2, 0) is 4.79 Å². The Morgan fingerprint density at radius 2 is 2.05 bits per heavy atom. The first-order valence-corrected chi connectivity index (χ1v) is 6.28. The number of aryl methyl sites for hydroxylation is 1. The third-order valence-corrected chi connectivity index (χ3v) is 2.66. The van der Waals surface area contributed by atoms with Crippen LogP contribution in [0.2, 0.25) is 0 Å². The first kappa shape index (κ1) is 13.7. The van der Waals surface area contributed by atoms with Crippen LogP contribution in [0.4, 0.5) is 5.69 Å². The van der Waals surface area contributed by atoms with Crippen molar-refractivity contribution in [1.82, 2.24) is 10.4 Å². The number of pyridine rings is 1. The number of hydrogen-bond donors (Lipinski definition) is 2. The standard InChI is InChI=1S/C15H16N4O/c1-12-6-2-3-8-14(12)17-11-15(20)19-18-10-13-7-4-5-9-16-13/h2-10,17H,11H2,1H3,(H,19,20)/b18-10-. The van der Waals surface area contributed by atoms with Crippen LogP contribution in [0.3, 0.4) is 0 Å². The van der Waals surface area contributed by atoms with E-state index >= 15 is 0 Å². The maximum Gasteiger partial charge on any atom is 0.259 e. The molecule has 0 aliphatic rings. The summed E-state index contributed by atoms with van der Waals surface area (Å²) in [4.78, 5) is 15.7. The Balaban J connectivity index is 1.79. The summed E-state index contributed by atoms with van der Waals surface area (Å²) in [5.41, 5.74) is 5.18. The molecule has 20 heavy (non-hydrogen) atoms. The van der Waals surface area contributed by atoms with E-state index in [0.29, 0.717) is 5.69 Å². The molecule has 5 heteroatoms. The molecule has 1 heterocycles. The third kappa shape index (κ3) is 4.20. The molecule has 0 unspecified atom stereocenters. The van der Waals surface area contributed by atoms with Gasteiger partial charge in [0.2, 0.25) is 0 Å². The highest BCUT2D eigenvalue weighted by atomic mass is 16.2. The SMILES string of the molecule is Cc1ccccc1NCC(=O)N/N=C\c1ccccn1. The van der Waals surface area contributed by atoms with Crippen molar-refractivity contribution in [2.75, 3.05) is 11.9 Å². The summed E-state index contributed by atoms with van der Waals surface area (Å²) >= 11 is 0. The Morgan fingerprint density at radius 1 is 1.25 bits per heavy atom. The first-order chi connectivity index (χ1) is 9.75. The van der Waals surface area contributed by atoms with Gasteiger partial charge in [-0.3, -0.25) is 9.78 Å². The lowest BCUT2D eigenvalue weighted by atomic mass is 10.2. The van der Waals surface area contributed by atoms with Crippen molar-refractivity contribution < 1.29 is 4.79 Å². The Morgan fingerprint density at radius 3 is 2.80 bits per heavy atom. The highest BCUT2D eigenvalue weighted by molar-refractivity contribution is 5.83. The molecule has 102 valence electrons. The zero-order valence-corrected chi connectivity index (χ0v) is 11.2. The lowest BCUT2D eigenvalue weighted by molar-refractivity contribution is -0.119. The van der Waals surface area contributed by atoms with Gasteiger partial charge >= 0.3 is 0 Å². The minimum absolute atomic E-state index is 0.171. The summed E-state index contributed by atoms with van der Waals surface area (Å²) < 4.78 is 0. The van der Waals surface area contributed by atoms with E-state index in [2.05, 4.69) is 20.8 Å². The van der Waals surface area contributed by atoms with Gasteiger partial charge in [-0.15, -0.1) is 0 Å². The van der Waals surface area contributed by atoms with Crippen molar-refractivity contribution in [3.8, 4) is 0 Å². The van der Waals surface area contributed by atoms with Gasteiger partial charge in [0.05, 0.1) is 18.5 Å². The van der Waals surface area contributed by atoms with Crippen molar-refractivity contribution in [1.29, 1.82) is 0 Å². The molecule has 2 rings (SSSR count). The van der Waals surface area contributed by atoms with Crippen LogP contribution in [-0.4, -0.2) is 23.7 Å². The highest BCUT2D eigenvalue weighted by Gasteiger charge is 2.00. The average molecular weight is 268 g/mol. The number of carbonyl (C=O) groups is 1. The first-order valence-electron chi connectivity index (χ1n) is 6.28. The maximum atomic E-state index is 11.6. The number of nitrogens with zero attached hydrogens (tertiary/aromatic N) is 2. The van der Waals surface area contributed by atoms with Gasteiger partial charge in [-0.2, -0.15) is 5.10 Å². The van der Waals surface area contributed by atoms with Crippen LogP contribution in [0, 0.1) is 6.92 Å². The molecule has 1 aromatic heterocycles. The second-order valence-electron chi connectivity index (χ2n) is 4.22. The van der Waals surface area contributed by atoms with Crippen molar-refractivity contribution in [3.63, 3.8) is 0 Å². The number of benzene rings is 1. The molecular weight excluding hydrogens is 252 g/mol. The summed E-state index contributed by atoms with van der Waals surface area (Å²) in [7, 11) is 0. The Hall–Kier alpha value is -2.69. The number of aromatic nitrogens is 1. The van der Waals surface area contributed by atoms with Crippen LogP contribution >= 0.6 is 0 Å². The Bertz CT molecular complexity index is 596. The Kier molecular flexibility index (Phi) is 4.83. The van der Waals surface area contributed by atoms with E-state index in [0.717, 1.165) is 11.3 Å². The quantitative estimate of drug-likeness (QED) is 0.643. The molecule has 0 fully saturated rings. The minimum Gasteiger partial charge on any atom is -0.376 e. The number of para-hydroxylation sites is 1. The van der Waals surface area contributed by atoms with E-state index in [4.69, 9.17) is 0 Å².